The minimum atomic E-state index is -4.95. The monoisotopic (exact) mass is 389 g/mol. The van der Waals surface area contributed by atoms with Crippen molar-refractivity contribution in [3.63, 3.8) is 0 Å². The molecule has 0 fully saturated rings. The second kappa shape index (κ2) is 9.15. The van der Waals surface area contributed by atoms with E-state index in [1.165, 1.54) is 11.8 Å². The van der Waals surface area contributed by atoms with Crippen LogP contribution in [0.5, 0.6) is 0 Å². The van der Waals surface area contributed by atoms with Crippen molar-refractivity contribution in [3.8, 4) is 0 Å². The molecule has 0 heterocycles. The molecule has 134 valence electrons. The zero-order valence-corrected chi connectivity index (χ0v) is 15.0. The molecule has 0 aromatic rings. The second-order valence-electron chi connectivity index (χ2n) is 4.56. The predicted molar refractivity (Wildman–Crippen MR) is 88.3 cm³/mol. The van der Waals surface area contributed by atoms with Crippen LogP contribution in [0.25, 0.3) is 0 Å². The van der Waals surface area contributed by atoms with Crippen molar-refractivity contribution in [2.24, 2.45) is 0 Å². The van der Waals surface area contributed by atoms with Crippen LogP contribution in [-0.4, -0.2) is 65.2 Å². The van der Waals surface area contributed by atoms with E-state index in [1.54, 1.807) is 6.26 Å². The van der Waals surface area contributed by atoms with Crippen molar-refractivity contribution >= 4 is 32.9 Å². The molecule has 23 heavy (non-hydrogen) atoms. The van der Waals surface area contributed by atoms with Gasteiger partial charge < -0.3 is 24.7 Å². The van der Waals surface area contributed by atoms with Gasteiger partial charge in [0.05, 0.1) is 0 Å². The van der Waals surface area contributed by atoms with Gasteiger partial charge in [-0.3, -0.25) is 18.8 Å². The van der Waals surface area contributed by atoms with Gasteiger partial charge in [-0.25, -0.2) is 0 Å². The molecule has 0 bridgehead atoms. The van der Waals surface area contributed by atoms with E-state index in [2.05, 4.69) is 13.2 Å². The molecule has 3 atom stereocenters. The quantitative estimate of drug-likeness (QED) is 0.254. The lowest BCUT2D eigenvalue weighted by molar-refractivity contribution is -0.143. The fourth-order valence-electron chi connectivity index (χ4n) is 2.02. The van der Waals surface area contributed by atoms with Crippen LogP contribution < -0.4 is 0 Å². The van der Waals surface area contributed by atoms with Crippen LogP contribution in [0.2, 0.25) is 0 Å². The maximum atomic E-state index is 11.6. The summed E-state index contributed by atoms with van der Waals surface area (Å²) in [5.74, 6) is -4.90. The van der Waals surface area contributed by atoms with Gasteiger partial charge in [-0.2, -0.15) is 11.8 Å². The summed E-state index contributed by atoms with van der Waals surface area (Å²) in [5, 5.41) is 9.37. The van der Waals surface area contributed by atoms with Gasteiger partial charge in [0.1, 0.15) is 17.6 Å². The van der Waals surface area contributed by atoms with Crippen LogP contribution in [-0.2, 0) is 13.9 Å². The maximum absolute atomic E-state index is 11.6. The van der Waals surface area contributed by atoms with E-state index in [9.17, 15) is 38.6 Å². The first-order chi connectivity index (χ1) is 10.4. The van der Waals surface area contributed by atoms with Crippen molar-refractivity contribution in [1.29, 1.82) is 0 Å². The summed E-state index contributed by atoms with van der Waals surface area (Å²) in [4.78, 5) is 49.8. The normalized spacial score (nSPS) is 16.6. The van der Waals surface area contributed by atoms with Gasteiger partial charge >= 0.3 is 21.2 Å². The Morgan fingerprint density at radius 3 is 1.74 bits per heavy atom. The lowest BCUT2D eigenvalue weighted by Crippen LogP contribution is -2.51. The van der Waals surface area contributed by atoms with Gasteiger partial charge in [-0.05, 0) is 18.4 Å². The van der Waals surface area contributed by atoms with Crippen LogP contribution in [0.3, 0.4) is 0 Å². The molecule has 5 N–H and O–H groups in total. The van der Waals surface area contributed by atoms with Crippen molar-refractivity contribution < 1.29 is 38.6 Å². The standard InChI is InChI=1S/C11H21NO8P2S/c1-4-9(21(15,16)17)12(10(5-2)22(18,19)20)8(11(13)14)6-7-23-3/h4-5,8-10H,1-2,6-7H2,3H3,(H,13,14)(H2,15,16,17)(H2,18,19,20). The van der Waals surface area contributed by atoms with Crippen molar-refractivity contribution in [3.05, 3.63) is 25.3 Å². The molecule has 0 aromatic heterocycles. The van der Waals surface area contributed by atoms with Gasteiger partial charge in [0.15, 0.2) is 0 Å². The molecule has 0 saturated heterocycles. The molecule has 0 spiro atoms. The Kier molecular flexibility index (Phi) is 8.97. The van der Waals surface area contributed by atoms with Crippen molar-refractivity contribution in [2.45, 2.75) is 24.0 Å². The third kappa shape index (κ3) is 6.52. The number of aliphatic carboxylic acids is 1. The van der Waals surface area contributed by atoms with E-state index in [-0.39, 0.29) is 6.42 Å². The molecule has 0 radical (unpaired) electrons. The minimum absolute atomic E-state index is 0.0782. The van der Waals surface area contributed by atoms with Crippen LogP contribution in [0.15, 0.2) is 25.3 Å². The Labute approximate surface area is 138 Å². The highest BCUT2D eigenvalue weighted by Crippen LogP contribution is 2.52. The van der Waals surface area contributed by atoms with Gasteiger partial charge in [0, 0.05) is 0 Å². The average molecular weight is 389 g/mol. The SMILES string of the molecule is C=CC(N(C(CCSC)C(=O)O)C(C=C)P(=O)(O)O)P(=O)(O)O. The van der Waals surface area contributed by atoms with Crippen molar-refractivity contribution in [1.82, 2.24) is 4.90 Å². The Morgan fingerprint density at radius 1 is 1.13 bits per heavy atom. The zero-order valence-electron chi connectivity index (χ0n) is 12.4. The number of carboxylic acid groups (broad SMARTS) is 1. The van der Waals surface area contributed by atoms with E-state index in [4.69, 9.17) is 0 Å². The van der Waals surface area contributed by atoms with Gasteiger partial charge in [-0.15, -0.1) is 13.2 Å². The highest BCUT2D eigenvalue weighted by atomic mass is 32.2. The average Bonchev–Trinajstić information content (AvgIpc) is 2.36. The summed E-state index contributed by atoms with van der Waals surface area (Å²) in [6.07, 6.45) is 3.18. The first kappa shape index (κ1) is 22.6. The summed E-state index contributed by atoms with van der Waals surface area (Å²) in [6, 6.07) is -1.53. The summed E-state index contributed by atoms with van der Waals surface area (Å²) in [7, 11) is -9.90. The molecule has 3 unspecified atom stereocenters. The topological polar surface area (TPSA) is 156 Å². The lowest BCUT2D eigenvalue weighted by Gasteiger charge is -2.39. The molecule has 0 aliphatic carbocycles. The first-order valence-electron chi connectivity index (χ1n) is 6.26. The number of thioether (sulfide) groups is 1. The third-order valence-electron chi connectivity index (χ3n) is 2.96. The predicted octanol–water partition coefficient (Wildman–Crippen LogP) is 0.874. The van der Waals surface area contributed by atoms with E-state index < -0.39 is 38.8 Å². The van der Waals surface area contributed by atoms with Crippen LogP contribution in [0.1, 0.15) is 6.42 Å². The highest BCUT2D eigenvalue weighted by molar-refractivity contribution is 7.98. The fraction of sp³-hybridized carbons (Fsp3) is 0.545. The Bertz CT molecular complexity index is 496. The van der Waals surface area contributed by atoms with Gasteiger partial charge in [0.25, 0.3) is 0 Å². The number of hydrogen-bond acceptors (Lipinski definition) is 5. The van der Waals surface area contributed by atoms with Crippen LogP contribution in [0, 0.1) is 0 Å². The summed E-state index contributed by atoms with van der Waals surface area (Å²) >= 11 is 1.29. The zero-order chi connectivity index (χ0) is 18.4. The van der Waals surface area contributed by atoms with E-state index >= 15 is 0 Å². The number of nitrogens with zero attached hydrogens (tertiary/aromatic N) is 1. The molecule has 0 amide bonds. The van der Waals surface area contributed by atoms with Crippen molar-refractivity contribution in [2.75, 3.05) is 12.0 Å². The van der Waals surface area contributed by atoms with Crippen LogP contribution >= 0.6 is 27.0 Å². The molecule has 0 aliphatic heterocycles. The summed E-state index contributed by atoms with van der Waals surface area (Å²) in [5.41, 5.74) is 0. The largest absolute Gasteiger partial charge is 0.480 e. The number of rotatable bonds is 11. The molecule has 0 aliphatic rings. The van der Waals surface area contributed by atoms with E-state index in [0.29, 0.717) is 10.7 Å². The van der Waals surface area contributed by atoms with E-state index in [1.807, 2.05) is 0 Å². The Hall–Kier alpha value is -0.440. The number of carbonyl (C=O) groups is 1. The molecule has 0 saturated carbocycles. The Morgan fingerprint density at radius 2 is 1.52 bits per heavy atom. The smallest absolute Gasteiger partial charge is 0.346 e. The molecule has 9 nitrogen and oxygen atoms in total. The van der Waals surface area contributed by atoms with Crippen LogP contribution in [0.4, 0.5) is 0 Å². The molecular formula is C11H21NO8P2S. The van der Waals surface area contributed by atoms with E-state index in [0.717, 1.165) is 12.2 Å². The molecule has 12 heteroatoms. The van der Waals surface area contributed by atoms with Gasteiger partial charge in [0.2, 0.25) is 0 Å². The highest BCUT2D eigenvalue weighted by Gasteiger charge is 2.47. The fourth-order valence-corrected chi connectivity index (χ4v) is 4.44. The molecule has 0 rings (SSSR count). The van der Waals surface area contributed by atoms with Gasteiger partial charge in [-0.1, -0.05) is 12.2 Å². The molecule has 0 aromatic carbocycles. The minimum Gasteiger partial charge on any atom is -0.480 e. The Balaban J connectivity index is 6.19. The third-order valence-corrected chi connectivity index (χ3v) is 5.94. The maximum Gasteiger partial charge on any atom is 0.346 e. The summed E-state index contributed by atoms with van der Waals surface area (Å²) in [6.45, 7) is 6.50. The number of hydrogen-bond donors (Lipinski definition) is 5. The second-order valence-corrected chi connectivity index (χ2v) is 8.96. The first-order valence-corrected chi connectivity index (χ1v) is 11.0. The number of carboxylic acids is 1. The lowest BCUT2D eigenvalue weighted by atomic mass is 10.2. The summed E-state index contributed by atoms with van der Waals surface area (Å²) < 4.78 is 23.3. The molecular weight excluding hydrogens is 368 g/mol.